The molecule has 0 saturated heterocycles. The van der Waals surface area contributed by atoms with Crippen LogP contribution in [-0.4, -0.2) is 31.2 Å². The van der Waals surface area contributed by atoms with Gasteiger partial charge in [0.1, 0.15) is 0 Å². The van der Waals surface area contributed by atoms with Crippen LogP contribution < -0.4 is 11.1 Å². The number of carbonyl (C=O) groups is 1. The van der Waals surface area contributed by atoms with Crippen LogP contribution in [0.3, 0.4) is 0 Å². The minimum absolute atomic E-state index is 0.233. The van der Waals surface area contributed by atoms with Gasteiger partial charge in [-0.2, -0.15) is 0 Å². The number of hydrogen-bond donors (Lipinski definition) is 2. The molecule has 0 heterocycles. The molecule has 0 radical (unpaired) electrons. The molecule has 3 N–H and O–H groups in total. The lowest BCUT2D eigenvalue weighted by Crippen LogP contribution is -2.44. The van der Waals surface area contributed by atoms with Crippen molar-refractivity contribution < 1.29 is 9.53 Å². The fraction of sp³-hybridized carbons (Fsp3) is 0.889. The number of primary amides is 1. The van der Waals surface area contributed by atoms with Gasteiger partial charge >= 0.3 is 0 Å². The van der Waals surface area contributed by atoms with Crippen LogP contribution >= 0.6 is 0 Å². The highest BCUT2D eigenvalue weighted by Crippen LogP contribution is 2.06. The van der Waals surface area contributed by atoms with Crippen molar-refractivity contribution in [3.05, 3.63) is 0 Å². The summed E-state index contributed by atoms with van der Waals surface area (Å²) in [5, 5.41) is 3.20. The van der Waals surface area contributed by atoms with Gasteiger partial charge in [-0.3, -0.25) is 4.79 Å². The zero-order valence-corrected chi connectivity index (χ0v) is 8.72. The highest BCUT2D eigenvalue weighted by Gasteiger charge is 2.18. The zero-order valence-electron chi connectivity index (χ0n) is 8.72. The molecule has 4 nitrogen and oxygen atoms in total. The summed E-state index contributed by atoms with van der Waals surface area (Å²) in [6, 6.07) is 0. The molecule has 0 aliphatic carbocycles. The highest BCUT2D eigenvalue weighted by molar-refractivity contribution is 5.74. The molecule has 0 aromatic carbocycles. The van der Waals surface area contributed by atoms with Crippen molar-refractivity contribution in [2.75, 3.05) is 19.8 Å². The van der Waals surface area contributed by atoms with Crippen LogP contribution in [-0.2, 0) is 9.53 Å². The van der Waals surface area contributed by atoms with Gasteiger partial charge in [0.15, 0.2) is 0 Å². The first-order valence-corrected chi connectivity index (χ1v) is 4.59. The van der Waals surface area contributed by atoms with E-state index in [9.17, 15) is 4.79 Å². The van der Waals surface area contributed by atoms with Gasteiger partial charge in [-0.15, -0.1) is 0 Å². The second kappa shape index (κ2) is 5.94. The Hall–Kier alpha value is -0.610. The van der Waals surface area contributed by atoms with E-state index in [0.29, 0.717) is 13.0 Å². The largest absolute Gasteiger partial charge is 0.380 e. The lowest BCUT2D eigenvalue weighted by atomic mass is 10.0. The van der Waals surface area contributed by atoms with Gasteiger partial charge in [0.25, 0.3) is 0 Å². The number of rotatable bonds is 7. The summed E-state index contributed by atoms with van der Waals surface area (Å²) in [4.78, 5) is 10.7. The third kappa shape index (κ3) is 7.74. The lowest BCUT2D eigenvalue weighted by Gasteiger charge is -2.24. The van der Waals surface area contributed by atoms with Crippen molar-refractivity contribution in [2.24, 2.45) is 5.73 Å². The summed E-state index contributed by atoms with van der Waals surface area (Å²) >= 11 is 0. The Balaban J connectivity index is 3.56. The maximum absolute atomic E-state index is 10.7. The van der Waals surface area contributed by atoms with E-state index in [4.69, 9.17) is 10.5 Å². The van der Waals surface area contributed by atoms with E-state index in [1.54, 1.807) is 0 Å². The first kappa shape index (κ1) is 12.4. The number of amides is 1. The second-order valence-electron chi connectivity index (χ2n) is 3.65. The molecule has 0 aliphatic rings. The predicted octanol–water partition coefficient (Wildman–Crippen LogP) is 0.267. The summed E-state index contributed by atoms with van der Waals surface area (Å²) in [5.41, 5.74) is 4.87. The van der Waals surface area contributed by atoms with Gasteiger partial charge in [0.2, 0.25) is 5.91 Å². The number of nitrogens with two attached hydrogens (primary N) is 1. The fourth-order valence-electron chi connectivity index (χ4n) is 1.10. The molecule has 0 bridgehead atoms. The summed E-state index contributed by atoms with van der Waals surface area (Å²) in [6.45, 7) is 7.98. The van der Waals surface area contributed by atoms with Crippen LogP contribution in [0.4, 0.5) is 0 Å². The molecule has 0 aromatic rings. The predicted molar refractivity (Wildman–Crippen MR) is 52.4 cm³/mol. The van der Waals surface area contributed by atoms with Gasteiger partial charge in [-0.05, 0) is 20.8 Å². The average Bonchev–Trinajstić information content (AvgIpc) is 1.95. The molecule has 0 unspecified atom stereocenters. The minimum Gasteiger partial charge on any atom is -0.380 e. The molecule has 0 rings (SSSR count). The van der Waals surface area contributed by atoms with Crippen molar-refractivity contribution in [1.82, 2.24) is 5.32 Å². The lowest BCUT2D eigenvalue weighted by molar-refractivity contribution is -0.119. The topological polar surface area (TPSA) is 64.3 Å². The standard InChI is InChI=1S/C9H20N2O2/c1-4-13-6-5-11-9(2,3)7-8(10)12/h11H,4-7H2,1-3H3,(H2,10,12). The van der Waals surface area contributed by atoms with Gasteiger partial charge in [0, 0.05) is 25.1 Å². The molecule has 0 aromatic heterocycles. The molecule has 0 fully saturated rings. The molecule has 0 aliphatic heterocycles. The maximum Gasteiger partial charge on any atom is 0.219 e. The number of ether oxygens (including phenoxy) is 1. The van der Waals surface area contributed by atoms with E-state index in [-0.39, 0.29) is 11.4 Å². The summed E-state index contributed by atoms with van der Waals surface area (Å²) in [7, 11) is 0. The molecule has 0 atom stereocenters. The third-order valence-electron chi connectivity index (χ3n) is 1.67. The Kier molecular flexibility index (Phi) is 5.66. The normalized spacial score (nSPS) is 11.6. The van der Waals surface area contributed by atoms with Crippen molar-refractivity contribution in [2.45, 2.75) is 32.7 Å². The fourth-order valence-corrected chi connectivity index (χ4v) is 1.10. The number of hydrogen-bond acceptors (Lipinski definition) is 3. The first-order valence-electron chi connectivity index (χ1n) is 4.59. The molecule has 0 saturated carbocycles. The smallest absolute Gasteiger partial charge is 0.219 e. The SMILES string of the molecule is CCOCCNC(C)(C)CC(N)=O. The van der Waals surface area contributed by atoms with E-state index in [2.05, 4.69) is 5.32 Å². The van der Waals surface area contributed by atoms with Crippen LogP contribution in [0.25, 0.3) is 0 Å². The van der Waals surface area contributed by atoms with Crippen LogP contribution in [0.1, 0.15) is 27.2 Å². The van der Waals surface area contributed by atoms with Crippen LogP contribution in [0.2, 0.25) is 0 Å². The molecule has 13 heavy (non-hydrogen) atoms. The number of nitrogens with one attached hydrogen (secondary N) is 1. The Bertz CT molecular complexity index is 158. The van der Waals surface area contributed by atoms with Crippen molar-refractivity contribution >= 4 is 5.91 Å². The average molecular weight is 188 g/mol. The maximum atomic E-state index is 10.7. The summed E-state index contributed by atoms with van der Waals surface area (Å²) < 4.78 is 5.16. The second-order valence-corrected chi connectivity index (χ2v) is 3.65. The molecule has 4 heteroatoms. The summed E-state index contributed by atoms with van der Waals surface area (Å²) in [6.07, 6.45) is 0.346. The molecule has 1 amide bonds. The van der Waals surface area contributed by atoms with E-state index in [0.717, 1.165) is 13.2 Å². The molecule has 0 spiro atoms. The molecular weight excluding hydrogens is 168 g/mol. The Labute approximate surface area is 79.8 Å². The molecule has 78 valence electrons. The van der Waals surface area contributed by atoms with E-state index >= 15 is 0 Å². The van der Waals surface area contributed by atoms with Crippen molar-refractivity contribution in [1.29, 1.82) is 0 Å². The van der Waals surface area contributed by atoms with E-state index < -0.39 is 0 Å². The first-order chi connectivity index (χ1) is 5.98. The Morgan fingerprint density at radius 1 is 1.54 bits per heavy atom. The van der Waals surface area contributed by atoms with Gasteiger partial charge < -0.3 is 15.8 Å². The van der Waals surface area contributed by atoms with Crippen LogP contribution in [0.15, 0.2) is 0 Å². The quantitative estimate of drug-likeness (QED) is 0.563. The summed E-state index contributed by atoms with van der Waals surface area (Å²) in [5.74, 6) is -0.283. The Morgan fingerprint density at radius 3 is 2.62 bits per heavy atom. The highest BCUT2D eigenvalue weighted by atomic mass is 16.5. The van der Waals surface area contributed by atoms with Gasteiger partial charge in [0.05, 0.1) is 6.61 Å². The van der Waals surface area contributed by atoms with Gasteiger partial charge in [-0.1, -0.05) is 0 Å². The van der Waals surface area contributed by atoms with Crippen LogP contribution in [0, 0.1) is 0 Å². The molecular formula is C9H20N2O2. The minimum atomic E-state index is -0.283. The van der Waals surface area contributed by atoms with Crippen molar-refractivity contribution in [3.8, 4) is 0 Å². The number of carbonyl (C=O) groups excluding carboxylic acids is 1. The third-order valence-corrected chi connectivity index (χ3v) is 1.67. The van der Waals surface area contributed by atoms with E-state index in [1.807, 2.05) is 20.8 Å². The van der Waals surface area contributed by atoms with E-state index in [1.165, 1.54) is 0 Å². The zero-order chi connectivity index (χ0) is 10.3. The monoisotopic (exact) mass is 188 g/mol. The Morgan fingerprint density at radius 2 is 2.15 bits per heavy atom. The van der Waals surface area contributed by atoms with Crippen molar-refractivity contribution in [3.63, 3.8) is 0 Å². The van der Waals surface area contributed by atoms with Crippen LogP contribution in [0.5, 0.6) is 0 Å². The van der Waals surface area contributed by atoms with Gasteiger partial charge in [-0.25, -0.2) is 0 Å².